The van der Waals surface area contributed by atoms with Gasteiger partial charge in [-0.3, -0.25) is 24.2 Å². The molecular formula is C22H40N8O7. The maximum absolute atomic E-state index is 13.3. The number of guanidine groups is 1. The zero-order valence-electron chi connectivity index (χ0n) is 20.9. The van der Waals surface area contributed by atoms with Gasteiger partial charge in [-0.25, -0.2) is 4.79 Å². The van der Waals surface area contributed by atoms with Crippen LogP contribution in [0.15, 0.2) is 4.99 Å². The third kappa shape index (κ3) is 11.4. The summed E-state index contributed by atoms with van der Waals surface area (Å²) in [5.41, 5.74) is 21.9. The molecule has 1 rings (SSSR count). The van der Waals surface area contributed by atoms with Crippen LogP contribution in [0.4, 0.5) is 0 Å². The molecule has 15 nitrogen and oxygen atoms in total. The fraction of sp³-hybridized carbons (Fsp3) is 0.727. The van der Waals surface area contributed by atoms with Crippen LogP contribution in [0.1, 0.15) is 57.8 Å². The Labute approximate surface area is 215 Å². The van der Waals surface area contributed by atoms with Gasteiger partial charge in [-0.05, 0) is 57.9 Å². The topological polar surface area (TPSA) is 270 Å². The fourth-order valence-electron chi connectivity index (χ4n) is 3.98. The Kier molecular flexibility index (Phi) is 13.9. The highest BCUT2D eigenvalue weighted by Crippen LogP contribution is 2.20. The normalized spacial score (nSPS) is 17.4. The molecule has 15 heteroatoms. The molecule has 0 aromatic rings. The number of likely N-dealkylation sites (tertiary alicyclic amines) is 1. The van der Waals surface area contributed by atoms with E-state index in [0.29, 0.717) is 38.6 Å². The molecule has 0 saturated carbocycles. The summed E-state index contributed by atoms with van der Waals surface area (Å²) in [5.74, 6) is -4.35. The first kappa shape index (κ1) is 31.6. The van der Waals surface area contributed by atoms with Crippen molar-refractivity contribution in [3.8, 4) is 0 Å². The molecule has 3 amide bonds. The molecule has 0 spiro atoms. The monoisotopic (exact) mass is 528 g/mol. The smallest absolute Gasteiger partial charge is 0.326 e. The summed E-state index contributed by atoms with van der Waals surface area (Å²) in [6.07, 6.45) is 2.12. The Morgan fingerprint density at radius 1 is 0.973 bits per heavy atom. The molecule has 1 fully saturated rings. The molecule has 0 aliphatic carbocycles. The molecular weight excluding hydrogens is 488 g/mol. The number of nitrogens with zero attached hydrogens (tertiary/aromatic N) is 2. The van der Waals surface area contributed by atoms with Crippen LogP contribution in [0.3, 0.4) is 0 Å². The minimum atomic E-state index is -1.22. The highest BCUT2D eigenvalue weighted by atomic mass is 16.4. The van der Waals surface area contributed by atoms with Crippen LogP contribution < -0.4 is 33.6 Å². The standard InChI is InChI=1S/C22H40N8O7/c23-10-2-1-6-15(21(36)37)29-19(34)16-7-4-12-30(16)20(35)14(8-9-17(31)32)28-18(33)13(24)5-3-11-27-22(25)26/h13-16H,1-12,23-24H2,(H,28,33)(H,29,34)(H,31,32)(H,36,37)(H4,25,26,27). The van der Waals surface area contributed by atoms with Crippen LogP contribution in [0, 0.1) is 0 Å². The zero-order chi connectivity index (χ0) is 28.0. The summed E-state index contributed by atoms with van der Waals surface area (Å²) in [4.78, 5) is 66.6. The van der Waals surface area contributed by atoms with E-state index < -0.39 is 60.2 Å². The highest BCUT2D eigenvalue weighted by Gasteiger charge is 2.39. The molecule has 4 atom stereocenters. The van der Waals surface area contributed by atoms with Crippen molar-refractivity contribution in [2.24, 2.45) is 27.9 Å². The molecule has 4 unspecified atom stereocenters. The molecule has 0 radical (unpaired) electrons. The number of carbonyl (C=O) groups is 5. The molecule has 12 N–H and O–H groups in total. The van der Waals surface area contributed by atoms with Gasteiger partial charge in [0.1, 0.15) is 18.1 Å². The first-order valence-electron chi connectivity index (χ1n) is 12.3. The number of unbranched alkanes of at least 4 members (excludes halogenated alkanes) is 1. The van der Waals surface area contributed by atoms with Crippen LogP contribution in [-0.4, -0.2) is 94.5 Å². The largest absolute Gasteiger partial charge is 0.481 e. The molecule has 0 bridgehead atoms. The lowest BCUT2D eigenvalue weighted by molar-refractivity contribution is -0.145. The number of rotatable bonds is 17. The van der Waals surface area contributed by atoms with E-state index in [4.69, 9.17) is 28.0 Å². The first-order valence-corrected chi connectivity index (χ1v) is 12.3. The number of aliphatic imine (C=N–C) groups is 1. The average Bonchev–Trinajstić information content (AvgIpc) is 3.32. The van der Waals surface area contributed by atoms with Crippen LogP contribution in [0.2, 0.25) is 0 Å². The number of aliphatic carboxylic acids is 2. The maximum Gasteiger partial charge on any atom is 0.326 e. The van der Waals surface area contributed by atoms with Crippen LogP contribution in [0.25, 0.3) is 0 Å². The van der Waals surface area contributed by atoms with Gasteiger partial charge in [0, 0.05) is 19.5 Å². The van der Waals surface area contributed by atoms with Crippen molar-refractivity contribution in [1.82, 2.24) is 15.5 Å². The van der Waals surface area contributed by atoms with E-state index in [1.54, 1.807) is 0 Å². The van der Waals surface area contributed by atoms with Gasteiger partial charge >= 0.3 is 11.9 Å². The number of carbonyl (C=O) groups excluding carboxylic acids is 3. The molecule has 0 aromatic carbocycles. The number of hydrogen-bond acceptors (Lipinski definition) is 8. The summed E-state index contributed by atoms with van der Waals surface area (Å²) in [7, 11) is 0. The van der Waals surface area contributed by atoms with Crippen LogP contribution >= 0.6 is 0 Å². The quantitative estimate of drug-likeness (QED) is 0.0551. The predicted molar refractivity (Wildman–Crippen MR) is 134 cm³/mol. The van der Waals surface area contributed by atoms with Crippen molar-refractivity contribution in [2.75, 3.05) is 19.6 Å². The highest BCUT2D eigenvalue weighted by molar-refractivity contribution is 5.94. The van der Waals surface area contributed by atoms with Gasteiger partial charge in [-0.2, -0.15) is 0 Å². The van der Waals surface area contributed by atoms with E-state index in [9.17, 15) is 29.1 Å². The van der Waals surface area contributed by atoms with Gasteiger partial charge in [0.25, 0.3) is 0 Å². The Hall–Kier alpha value is -3.46. The number of carboxylic acids is 2. The number of amides is 3. The molecule has 1 saturated heterocycles. The van der Waals surface area contributed by atoms with E-state index >= 15 is 0 Å². The van der Waals surface area contributed by atoms with Crippen LogP contribution in [0.5, 0.6) is 0 Å². The van der Waals surface area contributed by atoms with Gasteiger partial charge in [0.05, 0.1) is 6.04 Å². The maximum atomic E-state index is 13.3. The summed E-state index contributed by atoms with van der Waals surface area (Å²) >= 11 is 0. The molecule has 37 heavy (non-hydrogen) atoms. The van der Waals surface area contributed by atoms with Crippen molar-refractivity contribution in [3.63, 3.8) is 0 Å². The van der Waals surface area contributed by atoms with Gasteiger partial charge in [0.15, 0.2) is 5.96 Å². The van der Waals surface area contributed by atoms with Crippen molar-refractivity contribution >= 4 is 35.6 Å². The van der Waals surface area contributed by atoms with Gasteiger partial charge in [0.2, 0.25) is 17.7 Å². The van der Waals surface area contributed by atoms with E-state index in [1.165, 1.54) is 4.90 Å². The molecule has 1 aliphatic heterocycles. The second-order valence-corrected chi connectivity index (χ2v) is 8.92. The summed E-state index contributed by atoms with van der Waals surface area (Å²) in [5, 5.41) is 23.5. The molecule has 210 valence electrons. The van der Waals surface area contributed by atoms with Crippen molar-refractivity contribution in [2.45, 2.75) is 82.0 Å². The predicted octanol–water partition coefficient (Wildman–Crippen LogP) is -2.59. The van der Waals surface area contributed by atoms with Crippen molar-refractivity contribution in [3.05, 3.63) is 0 Å². The van der Waals surface area contributed by atoms with Gasteiger partial charge in [-0.1, -0.05) is 0 Å². The van der Waals surface area contributed by atoms with E-state index in [-0.39, 0.29) is 38.3 Å². The number of hydrogen-bond donors (Lipinski definition) is 8. The summed E-state index contributed by atoms with van der Waals surface area (Å²) in [6, 6.07) is -4.28. The number of nitrogens with two attached hydrogens (primary N) is 4. The number of nitrogens with one attached hydrogen (secondary N) is 2. The molecule has 1 heterocycles. The first-order chi connectivity index (χ1) is 17.5. The van der Waals surface area contributed by atoms with Gasteiger partial charge < -0.3 is 48.7 Å². The SMILES string of the molecule is NCCCCC(NC(=O)C1CCCN1C(=O)C(CCC(=O)O)NC(=O)C(N)CCCN=C(N)N)C(=O)O. The second-order valence-electron chi connectivity index (χ2n) is 8.92. The fourth-order valence-corrected chi connectivity index (χ4v) is 3.98. The Morgan fingerprint density at radius 2 is 1.68 bits per heavy atom. The Balaban J connectivity index is 2.88. The third-order valence-corrected chi connectivity index (χ3v) is 5.97. The Morgan fingerprint density at radius 3 is 2.27 bits per heavy atom. The lowest BCUT2D eigenvalue weighted by Crippen LogP contribution is -2.56. The van der Waals surface area contributed by atoms with E-state index in [1.807, 2.05) is 0 Å². The van der Waals surface area contributed by atoms with Crippen molar-refractivity contribution < 1.29 is 34.2 Å². The summed E-state index contributed by atoms with van der Waals surface area (Å²) < 4.78 is 0. The lowest BCUT2D eigenvalue weighted by Gasteiger charge is -2.30. The van der Waals surface area contributed by atoms with Crippen molar-refractivity contribution in [1.29, 1.82) is 0 Å². The average molecular weight is 529 g/mol. The van der Waals surface area contributed by atoms with E-state index in [0.717, 1.165) is 0 Å². The second kappa shape index (κ2) is 16.3. The summed E-state index contributed by atoms with van der Waals surface area (Å²) in [6.45, 7) is 0.860. The lowest BCUT2D eigenvalue weighted by atomic mass is 10.1. The molecule has 1 aliphatic rings. The molecule has 0 aromatic heterocycles. The minimum Gasteiger partial charge on any atom is -0.481 e. The van der Waals surface area contributed by atoms with Crippen LogP contribution in [-0.2, 0) is 24.0 Å². The third-order valence-electron chi connectivity index (χ3n) is 5.97. The Bertz CT molecular complexity index is 834. The van der Waals surface area contributed by atoms with Gasteiger partial charge in [-0.15, -0.1) is 0 Å². The minimum absolute atomic E-state index is 0.0909. The number of carboxylic acid groups (broad SMARTS) is 2. The van der Waals surface area contributed by atoms with E-state index in [2.05, 4.69) is 15.6 Å². The zero-order valence-corrected chi connectivity index (χ0v) is 20.9.